The number of unbranched alkanes of at least 4 members (excludes halogenated alkanes) is 4. The minimum absolute atomic E-state index is 0.0266. The van der Waals surface area contributed by atoms with Crippen LogP contribution in [-0.2, 0) is 11.2 Å². The highest BCUT2D eigenvalue weighted by Crippen LogP contribution is 2.37. The lowest BCUT2D eigenvalue weighted by atomic mass is 10.0. The third-order valence-electron chi connectivity index (χ3n) is 4.09. The fraction of sp³-hybridized carbons (Fsp3) is 0.450. The average Bonchev–Trinajstić information content (AvgIpc) is 2.54. The maximum absolute atomic E-state index is 11.8. The van der Waals surface area contributed by atoms with E-state index >= 15 is 0 Å². The summed E-state index contributed by atoms with van der Waals surface area (Å²) < 4.78 is 5.68. The Kier molecular flexibility index (Phi) is 6.91. The van der Waals surface area contributed by atoms with Crippen molar-refractivity contribution < 1.29 is 19.7 Å². The number of allylic oxidation sites excluding steroid dienone is 3. The Labute approximate surface area is 143 Å². The van der Waals surface area contributed by atoms with E-state index in [4.69, 9.17) is 4.74 Å². The predicted molar refractivity (Wildman–Crippen MR) is 94.3 cm³/mol. The van der Waals surface area contributed by atoms with E-state index in [1.165, 1.54) is 31.4 Å². The number of aromatic hydroxyl groups is 2. The zero-order valence-corrected chi connectivity index (χ0v) is 14.3. The molecule has 1 aliphatic heterocycles. The summed E-state index contributed by atoms with van der Waals surface area (Å²) in [6.45, 7) is 2.18. The zero-order valence-electron chi connectivity index (χ0n) is 14.3. The van der Waals surface area contributed by atoms with Gasteiger partial charge in [-0.15, -0.1) is 0 Å². The molecule has 1 aromatic rings. The first-order valence-electron chi connectivity index (χ1n) is 8.71. The van der Waals surface area contributed by atoms with Crippen molar-refractivity contribution in [1.82, 2.24) is 0 Å². The molecule has 0 saturated heterocycles. The van der Waals surface area contributed by atoms with Gasteiger partial charge in [0.05, 0.1) is 0 Å². The van der Waals surface area contributed by atoms with Crippen molar-refractivity contribution in [2.45, 2.75) is 58.3 Å². The van der Waals surface area contributed by atoms with Crippen molar-refractivity contribution >= 4 is 5.78 Å². The highest BCUT2D eigenvalue weighted by Gasteiger charge is 2.16. The van der Waals surface area contributed by atoms with E-state index in [2.05, 4.69) is 6.92 Å². The molecule has 1 aliphatic rings. The number of carbonyl (C=O) groups is 1. The second-order valence-corrected chi connectivity index (χ2v) is 6.16. The quantitative estimate of drug-likeness (QED) is 0.504. The van der Waals surface area contributed by atoms with Crippen LogP contribution in [0.2, 0.25) is 0 Å². The van der Waals surface area contributed by atoms with Gasteiger partial charge in [0, 0.05) is 37.0 Å². The molecule has 2 rings (SSSR count). The minimum atomic E-state index is -0.0266. The van der Waals surface area contributed by atoms with Crippen molar-refractivity contribution in [2.24, 2.45) is 0 Å². The van der Waals surface area contributed by atoms with Crippen LogP contribution in [0.4, 0.5) is 0 Å². The Morgan fingerprint density at radius 3 is 2.79 bits per heavy atom. The van der Waals surface area contributed by atoms with Gasteiger partial charge in [0.15, 0.2) is 5.78 Å². The molecular weight excluding hydrogens is 304 g/mol. The van der Waals surface area contributed by atoms with Crippen molar-refractivity contribution in [3.8, 4) is 17.2 Å². The first-order chi connectivity index (χ1) is 11.6. The normalized spacial score (nSPS) is 13.5. The number of carbonyl (C=O) groups excluding carboxylic acids is 1. The van der Waals surface area contributed by atoms with Crippen LogP contribution in [0.25, 0.3) is 0 Å². The molecule has 2 N–H and O–H groups in total. The summed E-state index contributed by atoms with van der Waals surface area (Å²) in [5.74, 6) is 1.36. The van der Waals surface area contributed by atoms with Crippen molar-refractivity contribution in [2.75, 3.05) is 0 Å². The standard InChI is InChI=1S/C20H26O4/c1-2-3-4-5-6-8-15(21)9-7-10-17-11-12-18-19(23)13-16(22)14-20(18)24-17/h7,9,11,13-14,22-23H,2-6,8,10,12H2,1H3. The molecule has 0 spiro atoms. The maximum atomic E-state index is 11.8. The van der Waals surface area contributed by atoms with Crippen LogP contribution in [0.1, 0.15) is 57.4 Å². The summed E-state index contributed by atoms with van der Waals surface area (Å²) in [6, 6.07) is 2.80. The molecule has 1 aromatic carbocycles. The van der Waals surface area contributed by atoms with Crippen LogP contribution in [0.15, 0.2) is 36.1 Å². The number of phenols is 2. The fourth-order valence-corrected chi connectivity index (χ4v) is 2.73. The largest absolute Gasteiger partial charge is 0.508 e. The van der Waals surface area contributed by atoms with Gasteiger partial charge in [-0.25, -0.2) is 0 Å². The van der Waals surface area contributed by atoms with E-state index in [0.717, 1.165) is 18.6 Å². The first-order valence-corrected chi connectivity index (χ1v) is 8.71. The second kappa shape index (κ2) is 9.16. The maximum Gasteiger partial charge on any atom is 0.155 e. The third kappa shape index (κ3) is 5.44. The Hall–Kier alpha value is -2.23. The summed E-state index contributed by atoms with van der Waals surface area (Å²) in [5.41, 5.74) is 0.670. The summed E-state index contributed by atoms with van der Waals surface area (Å²) in [7, 11) is 0. The predicted octanol–water partition coefficient (Wildman–Crippen LogP) is 4.79. The molecule has 130 valence electrons. The fourth-order valence-electron chi connectivity index (χ4n) is 2.73. The topological polar surface area (TPSA) is 66.8 Å². The third-order valence-corrected chi connectivity index (χ3v) is 4.09. The Balaban J connectivity index is 1.77. The van der Waals surface area contributed by atoms with Gasteiger partial charge in [-0.1, -0.05) is 38.7 Å². The van der Waals surface area contributed by atoms with E-state index in [0.29, 0.717) is 30.6 Å². The molecule has 0 aliphatic carbocycles. The lowest BCUT2D eigenvalue weighted by Gasteiger charge is -2.18. The monoisotopic (exact) mass is 330 g/mol. The highest BCUT2D eigenvalue weighted by molar-refractivity contribution is 5.89. The lowest BCUT2D eigenvalue weighted by molar-refractivity contribution is -0.114. The van der Waals surface area contributed by atoms with Gasteiger partial charge in [-0.3, -0.25) is 4.79 Å². The molecule has 24 heavy (non-hydrogen) atoms. The van der Waals surface area contributed by atoms with Crippen LogP contribution in [0.5, 0.6) is 17.2 Å². The number of rotatable bonds is 9. The molecule has 0 radical (unpaired) electrons. The molecule has 0 fully saturated rings. The van der Waals surface area contributed by atoms with Gasteiger partial charge in [-0.05, 0) is 18.6 Å². The number of phenolic OH excluding ortho intramolecular Hbond substituents is 2. The van der Waals surface area contributed by atoms with Crippen molar-refractivity contribution in [3.63, 3.8) is 0 Å². The van der Waals surface area contributed by atoms with Gasteiger partial charge in [0.25, 0.3) is 0 Å². The Morgan fingerprint density at radius 2 is 2.00 bits per heavy atom. The number of ketones is 1. The molecule has 4 nitrogen and oxygen atoms in total. The highest BCUT2D eigenvalue weighted by atomic mass is 16.5. The Bertz CT molecular complexity index is 629. The van der Waals surface area contributed by atoms with Crippen LogP contribution in [0.3, 0.4) is 0 Å². The molecule has 0 bridgehead atoms. The molecule has 4 heteroatoms. The SMILES string of the molecule is CCCCCCCC(=O)C=CCC1=CCc2c(O)cc(O)cc2O1. The molecule has 0 aromatic heterocycles. The van der Waals surface area contributed by atoms with Crippen LogP contribution >= 0.6 is 0 Å². The van der Waals surface area contributed by atoms with E-state index in [-0.39, 0.29) is 17.3 Å². The summed E-state index contributed by atoms with van der Waals surface area (Å²) in [5, 5.41) is 19.3. The number of benzene rings is 1. The molecule has 0 atom stereocenters. The van der Waals surface area contributed by atoms with E-state index in [1.54, 1.807) is 6.08 Å². The summed E-state index contributed by atoms with van der Waals surface area (Å²) >= 11 is 0. The molecule has 0 amide bonds. The molecule has 1 heterocycles. The van der Waals surface area contributed by atoms with Crippen LogP contribution in [0, 0.1) is 0 Å². The summed E-state index contributed by atoms with van der Waals surface area (Å²) in [6.07, 6.45) is 12.7. The van der Waals surface area contributed by atoms with Gasteiger partial charge >= 0.3 is 0 Å². The van der Waals surface area contributed by atoms with Crippen molar-refractivity contribution in [1.29, 1.82) is 0 Å². The van der Waals surface area contributed by atoms with Gasteiger partial charge in [-0.2, -0.15) is 0 Å². The molecule has 0 unspecified atom stereocenters. The lowest BCUT2D eigenvalue weighted by Crippen LogP contribution is -2.04. The van der Waals surface area contributed by atoms with Crippen molar-refractivity contribution in [3.05, 3.63) is 41.7 Å². The van der Waals surface area contributed by atoms with E-state index < -0.39 is 0 Å². The minimum Gasteiger partial charge on any atom is -0.508 e. The number of ether oxygens (including phenoxy) is 1. The van der Waals surface area contributed by atoms with E-state index in [1.807, 2.05) is 12.2 Å². The first kappa shape index (κ1) is 18.1. The van der Waals surface area contributed by atoms with E-state index in [9.17, 15) is 15.0 Å². The average molecular weight is 330 g/mol. The zero-order chi connectivity index (χ0) is 17.4. The molecular formula is C20H26O4. The number of hydrogen-bond donors (Lipinski definition) is 2. The molecule has 0 saturated carbocycles. The smallest absolute Gasteiger partial charge is 0.155 e. The van der Waals surface area contributed by atoms with Gasteiger partial charge in [0.1, 0.15) is 23.0 Å². The Morgan fingerprint density at radius 1 is 1.21 bits per heavy atom. The second-order valence-electron chi connectivity index (χ2n) is 6.16. The number of hydrogen-bond acceptors (Lipinski definition) is 4. The van der Waals surface area contributed by atoms with Gasteiger partial charge < -0.3 is 14.9 Å². The number of fused-ring (bicyclic) bond motifs is 1. The van der Waals surface area contributed by atoms with Gasteiger partial charge in [0.2, 0.25) is 0 Å². The van der Waals surface area contributed by atoms with Crippen LogP contribution in [-0.4, -0.2) is 16.0 Å². The summed E-state index contributed by atoms with van der Waals surface area (Å²) in [4.78, 5) is 11.8. The van der Waals surface area contributed by atoms with Crippen LogP contribution < -0.4 is 4.74 Å².